The fraction of sp³-hybridized carbons (Fsp3) is 0. The number of halogens is 5. The van der Waals surface area contributed by atoms with Gasteiger partial charge in [0.25, 0.3) is 5.91 Å². The fourth-order valence-corrected chi connectivity index (χ4v) is 2.58. The van der Waals surface area contributed by atoms with E-state index in [0.29, 0.717) is 14.5 Å². The van der Waals surface area contributed by atoms with E-state index in [4.69, 9.17) is 0 Å². The van der Waals surface area contributed by atoms with Crippen LogP contribution in [0.5, 0.6) is 0 Å². The number of carbonyl (C=O) groups is 1. The van der Waals surface area contributed by atoms with E-state index in [1.807, 2.05) is 0 Å². The first-order chi connectivity index (χ1) is 9.38. The van der Waals surface area contributed by atoms with E-state index in [0.717, 1.165) is 12.1 Å². The van der Waals surface area contributed by atoms with Gasteiger partial charge in [-0.2, -0.15) is 0 Å². The van der Waals surface area contributed by atoms with Crippen molar-refractivity contribution in [2.75, 3.05) is 5.32 Å². The molecule has 0 aliphatic heterocycles. The molecule has 0 aromatic heterocycles. The van der Waals surface area contributed by atoms with Crippen LogP contribution in [0.3, 0.4) is 0 Å². The molecule has 0 saturated heterocycles. The summed E-state index contributed by atoms with van der Waals surface area (Å²) in [5, 5.41) is 2.34. The average Bonchev–Trinajstić information content (AvgIpc) is 2.38. The highest BCUT2D eigenvalue weighted by atomic mass is 79.9. The van der Waals surface area contributed by atoms with Gasteiger partial charge >= 0.3 is 0 Å². The lowest BCUT2D eigenvalue weighted by Gasteiger charge is -2.09. The SMILES string of the molecule is O=C(Nc1cc(F)c(Br)cc1F)c1cc(Br)ccc1Br. The lowest BCUT2D eigenvalue weighted by molar-refractivity contribution is 0.102. The van der Waals surface area contributed by atoms with Crippen LogP contribution >= 0.6 is 47.8 Å². The summed E-state index contributed by atoms with van der Waals surface area (Å²) in [6.07, 6.45) is 0. The van der Waals surface area contributed by atoms with Crippen LogP contribution in [0.1, 0.15) is 10.4 Å². The second kappa shape index (κ2) is 6.32. The Bertz CT molecular complexity index is 692. The Morgan fingerprint density at radius 2 is 1.65 bits per heavy atom. The summed E-state index contributed by atoms with van der Waals surface area (Å²) >= 11 is 9.35. The Morgan fingerprint density at radius 1 is 0.950 bits per heavy atom. The molecule has 20 heavy (non-hydrogen) atoms. The predicted octanol–water partition coefficient (Wildman–Crippen LogP) is 5.50. The number of rotatable bonds is 2. The molecule has 0 aliphatic carbocycles. The van der Waals surface area contributed by atoms with Crippen molar-refractivity contribution in [3.05, 3.63) is 60.9 Å². The van der Waals surface area contributed by atoms with Gasteiger partial charge < -0.3 is 5.32 Å². The monoisotopic (exact) mass is 467 g/mol. The van der Waals surface area contributed by atoms with Crippen LogP contribution in [0.2, 0.25) is 0 Å². The molecule has 0 unspecified atom stereocenters. The molecule has 0 heterocycles. The Kier molecular flexibility index (Phi) is 4.93. The summed E-state index contributed by atoms with van der Waals surface area (Å²) in [5.41, 5.74) is 0.0877. The smallest absolute Gasteiger partial charge is 0.256 e. The molecule has 1 N–H and O–H groups in total. The molecule has 2 aromatic rings. The number of benzene rings is 2. The molecule has 104 valence electrons. The van der Waals surface area contributed by atoms with Crippen LogP contribution in [0.25, 0.3) is 0 Å². The lowest BCUT2D eigenvalue weighted by Crippen LogP contribution is -2.14. The molecule has 0 fully saturated rings. The molecular formula is C13H6Br3F2NO. The fourth-order valence-electron chi connectivity index (χ4n) is 1.48. The maximum Gasteiger partial charge on any atom is 0.256 e. The first-order valence-electron chi connectivity index (χ1n) is 5.29. The third kappa shape index (κ3) is 3.45. The third-order valence-electron chi connectivity index (χ3n) is 2.43. The molecule has 0 atom stereocenters. The zero-order chi connectivity index (χ0) is 14.9. The summed E-state index contributed by atoms with van der Waals surface area (Å²) in [4.78, 5) is 12.1. The average molecular weight is 470 g/mol. The number of hydrogen-bond donors (Lipinski definition) is 1. The van der Waals surface area contributed by atoms with E-state index in [1.165, 1.54) is 0 Å². The minimum absolute atomic E-state index is 0.00312. The van der Waals surface area contributed by atoms with Gasteiger partial charge in [0.2, 0.25) is 0 Å². The van der Waals surface area contributed by atoms with Crippen molar-refractivity contribution in [2.45, 2.75) is 0 Å². The van der Waals surface area contributed by atoms with E-state index >= 15 is 0 Å². The van der Waals surface area contributed by atoms with Gasteiger partial charge in [0.1, 0.15) is 11.6 Å². The summed E-state index contributed by atoms with van der Waals surface area (Å²) in [5.74, 6) is -1.92. The van der Waals surface area contributed by atoms with E-state index in [-0.39, 0.29) is 10.2 Å². The minimum atomic E-state index is -0.724. The van der Waals surface area contributed by atoms with Crippen LogP contribution in [-0.2, 0) is 0 Å². The lowest BCUT2D eigenvalue weighted by atomic mass is 10.2. The molecule has 2 rings (SSSR count). The topological polar surface area (TPSA) is 29.1 Å². The van der Waals surface area contributed by atoms with Gasteiger partial charge in [0.05, 0.1) is 15.7 Å². The van der Waals surface area contributed by atoms with E-state index in [9.17, 15) is 13.6 Å². The first-order valence-corrected chi connectivity index (χ1v) is 7.67. The van der Waals surface area contributed by atoms with Crippen molar-refractivity contribution in [3.8, 4) is 0 Å². The van der Waals surface area contributed by atoms with Crippen LogP contribution in [0.4, 0.5) is 14.5 Å². The van der Waals surface area contributed by atoms with E-state index in [1.54, 1.807) is 18.2 Å². The number of nitrogens with one attached hydrogen (secondary N) is 1. The zero-order valence-electron chi connectivity index (χ0n) is 9.68. The molecule has 0 bridgehead atoms. The van der Waals surface area contributed by atoms with Crippen LogP contribution < -0.4 is 5.32 Å². The van der Waals surface area contributed by atoms with Crippen molar-refractivity contribution in [3.63, 3.8) is 0 Å². The summed E-state index contributed by atoms with van der Waals surface area (Å²) < 4.78 is 28.3. The van der Waals surface area contributed by atoms with Gasteiger partial charge in [0.15, 0.2) is 0 Å². The maximum atomic E-state index is 13.7. The van der Waals surface area contributed by atoms with Crippen LogP contribution in [0, 0.1) is 11.6 Å². The number of hydrogen-bond acceptors (Lipinski definition) is 1. The summed E-state index contributed by atoms with van der Waals surface area (Å²) in [6, 6.07) is 6.88. The highest BCUT2D eigenvalue weighted by Crippen LogP contribution is 2.26. The molecule has 7 heteroatoms. The largest absolute Gasteiger partial charge is 0.319 e. The summed E-state index contributed by atoms with van der Waals surface area (Å²) in [6.45, 7) is 0. The molecular weight excluding hydrogens is 464 g/mol. The predicted molar refractivity (Wildman–Crippen MR) is 83.9 cm³/mol. The van der Waals surface area contributed by atoms with Crippen molar-refractivity contribution >= 4 is 59.4 Å². The van der Waals surface area contributed by atoms with Crippen LogP contribution in [-0.4, -0.2) is 5.91 Å². The highest BCUT2D eigenvalue weighted by Gasteiger charge is 2.15. The Labute approximate surface area is 138 Å². The molecule has 0 saturated carbocycles. The molecule has 0 aliphatic rings. The molecule has 0 radical (unpaired) electrons. The van der Waals surface area contributed by atoms with Crippen LogP contribution in [0.15, 0.2) is 43.7 Å². The molecule has 1 amide bonds. The van der Waals surface area contributed by atoms with Crippen molar-refractivity contribution in [1.82, 2.24) is 0 Å². The standard InChI is InChI=1S/C13H6Br3F2NO/c14-6-1-2-8(15)7(3-6)13(20)19-12-5-10(17)9(16)4-11(12)18/h1-5H,(H,19,20). The van der Waals surface area contributed by atoms with Crippen molar-refractivity contribution in [2.24, 2.45) is 0 Å². The van der Waals surface area contributed by atoms with E-state index in [2.05, 4.69) is 53.1 Å². The van der Waals surface area contributed by atoms with Gasteiger partial charge in [-0.3, -0.25) is 4.79 Å². The van der Waals surface area contributed by atoms with Gasteiger partial charge in [-0.05, 0) is 56.1 Å². The van der Waals surface area contributed by atoms with Crippen molar-refractivity contribution < 1.29 is 13.6 Å². The van der Waals surface area contributed by atoms with Crippen molar-refractivity contribution in [1.29, 1.82) is 0 Å². The highest BCUT2D eigenvalue weighted by molar-refractivity contribution is 9.11. The van der Waals surface area contributed by atoms with Gasteiger partial charge in [-0.25, -0.2) is 8.78 Å². The first kappa shape index (κ1) is 15.6. The molecule has 2 aromatic carbocycles. The molecule has 2 nitrogen and oxygen atoms in total. The van der Waals surface area contributed by atoms with Gasteiger partial charge in [-0.1, -0.05) is 15.9 Å². The number of anilines is 1. The van der Waals surface area contributed by atoms with Gasteiger partial charge in [0, 0.05) is 15.0 Å². The second-order valence-electron chi connectivity index (χ2n) is 3.82. The Hall–Kier alpha value is -0.790. The number of amides is 1. The summed E-state index contributed by atoms with van der Waals surface area (Å²) in [7, 11) is 0. The van der Waals surface area contributed by atoms with Gasteiger partial charge in [-0.15, -0.1) is 0 Å². The normalized spacial score (nSPS) is 10.4. The number of carbonyl (C=O) groups excluding carboxylic acids is 1. The Balaban J connectivity index is 2.32. The molecule has 0 spiro atoms. The Morgan fingerprint density at radius 3 is 2.35 bits per heavy atom. The maximum absolute atomic E-state index is 13.7. The van der Waals surface area contributed by atoms with E-state index < -0.39 is 17.5 Å². The quantitative estimate of drug-likeness (QED) is 0.578. The third-order valence-corrected chi connectivity index (χ3v) is 4.22. The zero-order valence-corrected chi connectivity index (χ0v) is 14.4. The second-order valence-corrected chi connectivity index (χ2v) is 6.45. The minimum Gasteiger partial charge on any atom is -0.319 e.